The van der Waals surface area contributed by atoms with Crippen molar-refractivity contribution in [3.63, 3.8) is 0 Å². The van der Waals surface area contributed by atoms with E-state index in [1.807, 2.05) is 19.9 Å². The van der Waals surface area contributed by atoms with Crippen LogP contribution in [0, 0.1) is 5.41 Å². The first-order valence-corrected chi connectivity index (χ1v) is 11.6. The topological polar surface area (TPSA) is 132 Å². The molecule has 4 radical (unpaired) electrons. The monoisotopic (exact) mass is 460 g/mol. The summed E-state index contributed by atoms with van der Waals surface area (Å²) >= 11 is 0. The standard InChI is InChI=1S/C19H28B2N4O6.C2H6/c20-19(21,30)25-15(1-5-22-25)13-2-6-23(7-3-13)14-9-17(10-14)4-8-24(11-17)16(26)31-12-18(27,28)29;1-2/h1,5,13-14,27-30H,2-4,6-12H2;1-2H3. The molecular formula is C21H34B2N4O6. The number of ether oxygens (including phenoxy) is 1. The lowest BCUT2D eigenvalue weighted by Gasteiger charge is -2.51. The number of nitrogens with zero attached hydrogens (tertiary/aromatic N) is 4. The molecule has 1 aromatic rings. The third-order valence-electron chi connectivity index (χ3n) is 6.90. The number of hydrogen-bond acceptors (Lipinski definition) is 8. The number of piperidine rings is 1. The van der Waals surface area contributed by atoms with Crippen molar-refractivity contribution in [1.82, 2.24) is 19.6 Å². The van der Waals surface area contributed by atoms with E-state index in [9.17, 15) is 9.90 Å². The predicted octanol–water partition coefficient (Wildman–Crippen LogP) is -0.392. The van der Waals surface area contributed by atoms with Crippen LogP contribution < -0.4 is 0 Å². The summed E-state index contributed by atoms with van der Waals surface area (Å²) in [6.07, 6.45) is 5.72. The molecule has 0 bridgehead atoms. The largest absolute Gasteiger partial charge is 0.441 e. The maximum atomic E-state index is 12.1. The third-order valence-corrected chi connectivity index (χ3v) is 6.90. The summed E-state index contributed by atoms with van der Waals surface area (Å²) in [7, 11) is 11.2. The molecule has 0 aromatic carbocycles. The van der Waals surface area contributed by atoms with Gasteiger partial charge in [0.05, 0.1) is 5.52 Å². The highest BCUT2D eigenvalue weighted by molar-refractivity contribution is 6.36. The maximum Gasteiger partial charge on any atom is 0.410 e. The van der Waals surface area contributed by atoms with E-state index in [-0.39, 0.29) is 11.3 Å². The van der Waals surface area contributed by atoms with Gasteiger partial charge in [-0.05, 0) is 56.7 Å². The summed E-state index contributed by atoms with van der Waals surface area (Å²) in [5, 5.41) is 40.5. The first-order valence-electron chi connectivity index (χ1n) is 11.6. The van der Waals surface area contributed by atoms with Crippen molar-refractivity contribution < 1.29 is 30.0 Å². The molecule has 2 aliphatic heterocycles. The molecule has 3 fully saturated rings. The Labute approximate surface area is 197 Å². The second kappa shape index (κ2) is 9.95. The summed E-state index contributed by atoms with van der Waals surface area (Å²) in [6, 6.07) is 2.33. The lowest BCUT2D eigenvalue weighted by Crippen LogP contribution is -2.54. The number of amides is 1. The average molecular weight is 460 g/mol. The van der Waals surface area contributed by atoms with Crippen LogP contribution in [0.25, 0.3) is 0 Å². The van der Waals surface area contributed by atoms with Crippen molar-refractivity contribution in [2.75, 3.05) is 32.8 Å². The van der Waals surface area contributed by atoms with Gasteiger partial charge in [0.25, 0.3) is 0 Å². The summed E-state index contributed by atoms with van der Waals surface area (Å²) in [5.74, 6) is -2.77. The number of carbonyl (C=O) groups excluding carboxylic acids is 1. The Kier molecular flexibility index (Phi) is 7.85. The van der Waals surface area contributed by atoms with E-state index in [0.29, 0.717) is 19.1 Å². The number of carbonyl (C=O) groups is 1. The van der Waals surface area contributed by atoms with Gasteiger partial charge in [-0.25, -0.2) is 4.79 Å². The van der Waals surface area contributed by atoms with Crippen LogP contribution >= 0.6 is 0 Å². The van der Waals surface area contributed by atoms with E-state index in [1.54, 1.807) is 11.1 Å². The van der Waals surface area contributed by atoms with Crippen molar-refractivity contribution in [1.29, 1.82) is 0 Å². The molecular weight excluding hydrogens is 426 g/mol. The highest BCUT2D eigenvalue weighted by Gasteiger charge is 2.51. The van der Waals surface area contributed by atoms with Gasteiger partial charge in [0.2, 0.25) is 0 Å². The zero-order valence-corrected chi connectivity index (χ0v) is 19.4. The smallest absolute Gasteiger partial charge is 0.410 e. The molecule has 1 aromatic heterocycles. The predicted molar refractivity (Wildman–Crippen MR) is 121 cm³/mol. The minimum Gasteiger partial charge on any atom is -0.441 e. The van der Waals surface area contributed by atoms with Crippen molar-refractivity contribution >= 4 is 21.8 Å². The van der Waals surface area contributed by atoms with Gasteiger partial charge in [0, 0.05) is 36.9 Å². The molecule has 4 rings (SSSR count). The van der Waals surface area contributed by atoms with E-state index in [1.165, 1.54) is 4.68 Å². The molecule has 1 saturated carbocycles. The van der Waals surface area contributed by atoms with Gasteiger partial charge in [0.1, 0.15) is 15.7 Å². The first kappa shape index (κ1) is 26.0. The Hall–Kier alpha value is -1.59. The zero-order chi connectivity index (χ0) is 24.4. The molecule has 33 heavy (non-hydrogen) atoms. The Morgan fingerprint density at radius 3 is 2.39 bits per heavy atom. The molecule has 10 nitrogen and oxygen atoms in total. The highest BCUT2D eigenvalue weighted by atomic mass is 16.7. The molecule has 1 spiro atoms. The average Bonchev–Trinajstić information content (AvgIpc) is 3.40. The summed E-state index contributed by atoms with van der Waals surface area (Å²) < 4.78 is 6.04. The van der Waals surface area contributed by atoms with Crippen LogP contribution in [0.15, 0.2) is 12.3 Å². The number of aromatic nitrogens is 2. The van der Waals surface area contributed by atoms with Gasteiger partial charge in [0.15, 0.2) is 6.61 Å². The first-order chi connectivity index (χ1) is 15.5. The Morgan fingerprint density at radius 2 is 1.82 bits per heavy atom. The quantitative estimate of drug-likeness (QED) is 0.345. The highest BCUT2D eigenvalue weighted by Crippen LogP contribution is 2.51. The van der Waals surface area contributed by atoms with Crippen LogP contribution in [0.3, 0.4) is 0 Å². The van der Waals surface area contributed by atoms with Crippen molar-refractivity contribution in [2.24, 2.45) is 5.41 Å². The second-order valence-electron chi connectivity index (χ2n) is 9.32. The third kappa shape index (κ3) is 6.10. The van der Waals surface area contributed by atoms with E-state index in [2.05, 4.69) is 10.00 Å². The lowest BCUT2D eigenvalue weighted by atomic mass is 9.64. The fraction of sp³-hybridized carbons (Fsp3) is 0.810. The second-order valence-corrected chi connectivity index (χ2v) is 9.32. The Morgan fingerprint density at radius 1 is 1.18 bits per heavy atom. The van der Waals surface area contributed by atoms with Crippen LogP contribution in [0.1, 0.15) is 57.6 Å². The normalized spacial score (nSPS) is 26.6. The van der Waals surface area contributed by atoms with Crippen LogP contribution in [0.2, 0.25) is 0 Å². The SMILES string of the molecule is CC.[B]C([B])(O)n1nccc1C1CCN(C2CC3(CCN(C(=O)OCC(O)(O)O)C3)C2)CC1. The fourth-order valence-corrected chi connectivity index (χ4v) is 5.35. The molecule has 3 heterocycles. The van der Waals surface area contributed by atoms with Gasteiger partial charge in [-0.2, -0.15) is 5.10 Å². The number of aliphatic hydroxyl groups is 4. The lowest BCUT2D eigenvalue weighted by molar-refractivity contribution is -0.325. The van der Waals surface area contributed by atoms with Gasteiger partial charge in [-0.3, -0.25) is 4.68 Å². The maximum absolute atomic E-state index is 12.1. The Balaban J connectivity index is 0.00000149. The summed E-state index contributed by atoms with van der Waals surface area (Å²) in [6.45, 7) is 6.13. The minimum atomic E-state index is -3.01. The van der Waals surface area contributed by atoms with E-state index < -0.39 is 24.2 Å². The molecule has 1 aliphatic carbocycles. The molecule has 0 unspecified atom stereocenters. The van der Waals surface area contributed by atoms with Gasteiger partial charge in [-0.15, -0.1) is 0 Å². The summed E-state index contributed by atoms with van der Waals surface area (Å²) in [4.78, 5) is 16.1. The molecule has 180 valence electrons. The van der Waals surface area contributed by atoms with Crippen LogP contribution in [-0.2, 0) is 10.3 Å². The van der Waals surface area contributed by atoms with Crippen LogP contribution in [0.4, 0.5) is 4.79 Å². The number of likely N-dealkylation sites (tertiary alicyclic amines) is 2. The molecule has 12 heteroatoms. The molecule has 3 aliphatic rings. The van der Waals surface area contributed by atoms with Crippen LogP contribution in [-0.4, -0.2) is 107 Å². The Bertz CT molecular complexity index is 795. The molecule has 4 N–H and O–H groups in total. The molecule has 2 saturated heterocycles. The number of rotatable bonds is 5. The molecule has 1 amide bonds. The number of hydrogen-bond donors (Lipinski definition) is 4. The van der Waals surface area contributed by atoms with E-state index >= 15 is 0 Å². The van der Waals surface area contributed by atoms with Crippen molar-refractivity contribution in [2.45, 2.75) is 69.4 Å². The van der Waals surface area contributed by atoms with Gasteiger partial charge < -0.3 is 35.0 Å². The van der Waals surface area contributed by atoms with E-state index in [4.69, 9.17) is 35.7 Å². The minimum absolute atomic E-state index is 0.0868. The van der Waals surface area contributed by atoms with Gasteiger partial charge in [-0.1, -0.05) is 13.8 Å². The molecule has 0 atom stereocenters. The van der Waals surface area contributed by atoms with Crippen LogP contribution in [0.5, 0.6) is 0 Å². The van der Waals surface area contributed by atoms with Gasteiger partial charge >= 0.3 is 12.1 Å². The van der Waals surface area contributed by atoms with Crippen molar-refractivity contribution in [3.8, 4) is 0 Å². The fourth-order valence-electron chi connectivity index (χ4n) is 5.35. The summed E-state index contributed by atoms with van der Waals surface area (Å²) in [5.41, 5.74) is -1.07. The van der Waals surface area contributed by atoms with E-state index in [0.717, 1.165) is 50.9 Å². The van der Waals surface area contributed by atoms with Crippen molar-refractivity contribution in [3.05, 3.63) is 18.0 Å². The zero-order valence-electron chi connectivity index (χ0n) is 19.4.